The zero-order chi connectivity index (χ0) is 14.4. The number of carbonyl (C=O) groups excluding carboxylic acids is 1. The van der Waals surface area contributed by atoms with Crippen molar-refractivity contribution in [3.63, 3.8) is 0 Å². The van der Waals surface area contributed by atoms with Gasteiger partial charge in [-0.2, -0.15) is 5.10 Å². The number of benzene rings is 1. The molecular formula is C14H18N4O2. The van der Waals surface area contributed by atoms with E-state index in [0.29, 0.717) is 18.7 Å². The summed E-state index contributed by atoms with van der Waals surface area (Å²) in [6.07, 6.45) is 3.16. The SMILES string of the molecule is COC[C@@H](C)NC(=O)c1ccc(Cn2cncn2)cc1. The van der Waals surface area contributed by atoms with Crippen molar-refractivity contribution in [3.8, 4) is 0 Å². The molecule has 1 amide bonds. The second-order valence-corrected chi connectivity index (χ2v) is 4.62. The predicted octanol–water partition coefficient (Wildman–Crippen LogP) is 1.09. The van der Waals surface area contributed by atoms with Crippen LogP contribution in [0.1, 0.15) is 22.8 Å². The van der Waals surface area contributed by atoms with Crippen molar-refractivity contribution < 1.29 is 9.53 Å². The van der Waals surface area contributed by atoms with Gasteiger partial charge < -0.3 is 10.1 Å². The van der Waals surface area contributed by atoms with Crippen molar-refractivity contribution in [1.29, 1.82) is 0 Å². The Bertz CT molecular complexity index is 537. The highest BCUT2D eigenvalue weighted by Crippen LogP contribution is 2.06. The van der Waals surface area contributed by atoms with Crippen LogP contribution in [-0.2, 0) is 11.3 Å². The van der Waals surface area contributed by atoms with Gasteiger partial charge in [0.05, 0.1) is 13.2 Å². The topological polar surface area (TPSA) is 69.0 Å². The van der Waals surface area contributed by atoms with Gasteiger partial charge in [0.1, 0.15) is 12.7 Å². The lowest BCUT2D eigenvalue weighted by atomic mass is 10.1. The third-order valence-corrected chi connectivity index (χ3v) is 2.82. The van der Waals surface area contributed by atoms with E-state index >= 15 is 0 Å². The Balaban J connectivity index is 1.95. The zero-order valence-electron chi connectivity index (χ0n) is 11.6. The monoisotopic (exact) mass is 274 g/mol. The maximum atomic E-state index is 12.0. The maximum Gasteiger partial charge on any atom is 0.251 e. The van der Waals surface area contributed by atoms with Crippen LogP contribution >= 0.6 is 0 Å². The van der Waals surface area contributed by atoms with Crippen molar-refractivity contribution in [2.75, 3.05) is 13.7 Å². The zero-order valence-corrected chi connectivity index (χ0v) is 11.6. The van der Waals surface area contributed by atoms with Crippen LogP contribution in [0.15, 0.2) is 36.9 Å². The van der Waals surface area contributed by atoms with Crippen molar-refractivity contribution >= 4 is 5.91 Å². The van der Waals surface area contributed by atoms with Crippen LogP contribution in [-0.4, -0.2) is 40.4 Å². The fourth-order valence-corrected chi connectivity index (χ4v) is 1.86. The summed E-state index contributed by atoms with van der Waals surface area (Å²) in [7, 11) is 1.61. The van der Waals surface area contributed by atoms with E-state index in [1.807, 2.05) is 19.1 Å². The molecule has 0 saturated carbocycles. The van der Waals surface area contributed by atoms with E-state index in [1.165, 1.54) is 6.33 Å². The third kappa shape index (κ3) is 3.89. The Morgan fingerprint density at radius 3 is 2.75 bits per heavy atom. The molecule has 0 fully saturated rings. The average Bonchev–Trinajstić information content (AvgIpc) is 2.92. The Morgan fingerprint density at radius 1 is 1.40 bits per heavy atom. The number of aromatic nitrogens is 3. The van der Waals surface area contributed by atoms with E-state index in [0.717, 1.165) is 5.56 Å². The van der Waals surface area contributed by atoms with Gasteiger partial charge in [-0.1, -0.05) is 12.1 Å². The molecule has 1 aromatic heterocycles. The molecule has 0 aliphatic heterocycles. The number of nitrogens with zero attached hydrogens (tertiary/aromatic N) is 3. The van der Waals surface area contributed by atoms with Crippen LogP contribution in [0.4, 0.5) is 0 Å². The normalized spacial score (nSPS) is 12.1. The van der Waals surface area contributed by atoms with Gasteiger partial charge in [0, 0.05) is 18.7 Å². The van der Waals surface area contributed by atoms with Crippen LogP contribution in [0.25, 0.3) is 0 Å². The number of methoxy groups -OCH3 is 1. The van der Waals surface area contributed by atoms with Crippen LogP contribution in [0.2, 0.25) is 0 Å². The minimum absolute atomic E-state index is 0.0117. The molecule has 2 rings (SSSR count). The lowest BCUT2D eigenvalue weighted by molar-refractivity contribution is 0.0905. The highest BCUT2D eigenvalue weighted by Gasteiger charge is 2.09. The highest BCUT2D eigenvalue weighted by molar-refractivity contribution is 5.94. The van der Waals surface area contributed by atoms with Crippen molar-refractivity contribution in [1.82, 2.24) is 20.1 Å². The van der Waals surface area contributed by atoms with Crippen LogP contribution in [0, 0.1) is 0 Å². The fourth-order valence-electron chi connectivity index (χ4n) is 1.86. The van der Waals surface area contributed by atoms with Crippen molar-refractivity contribution in [3.05, 3.63) is 48.0 Å². The molecule has 106 valence electrons. The molecule has 2 aromatic rings. The first-order valence-corrected chi connectivity index (χ1v) is 6.40. The van der Waals surface area contributed by atoms with E-state index in [4.69, 9.17) is 4.74 Å². The lowest BCUT2D eigenvalue weighted by Gasteiger charge is -2.12. The van der Waals surface area contributed by atoms with Gasteiger partial charge in [0.15, 0.2) is 0 Å². The predicted molar refractivity (Wildman–Crippen MR) is 74.4 cm³/mol. The summed E-state index contributed by atoms with van der Waals surface area (Å²) in [6, 6.07) is 7.43. The fraction of sp³-hybridized carbons (Fsp3) is 0.357. The second-order valence-electron chi connectivity index (χ2n) is 4.62. The van der Waals surface area contributed by atoms with Crippen LogP contribution in [0.3, 0.4) is 0 Å². The van der Waals surface area contributed by atoms with E-state index < -0.39 is 0 Å². The first-order valence-electron chi connectivity index (χ1n) is 6.40. The quantitative estimate of drug-likeness (QED) is 0.856. The first kappa shape index (κ1) is 14.2. The molecule has 0 spiro atoms. The molecular weight excluding hydrogens is 256 g/mol. The Morgan fingerprint density at radius 2 is 2.15 bits per heavy atom. The third-order valence-electron chi connectivity index (χ3n) is 2.82. The van der Waals surface area contributed by atoms with E-state index in [1.54, 1.807) is 30.3 Å². The van der Waals surface area contributed by atoms with Crippen molar-refractivity contribution in [2.45, 2.75) is 19.5 Å². The Labute approximate surface area is 117 Å². The molecule has 1 N–H and O–H groups in total. The number of hydrogen-bond acceptors (Lipinski definition) is 4. The summed E-state index contributed by atoms with van der Waals surface area (Å²) in [5.41, 5.74) is 1.70. The summed E-state index contributed by atoms with van der Waals surface area (Å²) < 4.78 is 6.72. The number of amides is 1. The summed E-state index contributed by atoms with van der Waals surface area (Å²) in [4.78, 5) is 15.9. The van der Waals surface area contributed by atoms with Gasteiger partial charge >= 0.3 is 0 Å². The molecule has 1 heterocycles. The minimum Gasteiger partial charge on any atom is -0.383 e. The van der Waals surface area contributed by atoms with Gasteiger partial charge in [-0.05, 0) is 24.6 Å². The number of hydrogen-bond donors (Lipinski definition) is 1. The van der Waals surface area contributed by atoms with Crippen LogP contribution < -0.4 is 5.32 Å². The molecule has 0 aliphatic carbocycles. The number of nitrogens with one attached hydrogen (secondary N) is 1. The molecule has 0 saturated heterocycles. The summed E-state index contributed by atoms with van der Waals surface area (Å²) in [6.45, 7) is 3.04. The summed E-state index contributed by atoms with van der Waals surface area (Å²) in [5.74, 6) is -0.0955. The lowest BCUT2D eigenvalue weighted by Crippen LogP contribution is -2.35. The number of rotatable bonds is 6. The van der Waals surface area contributed by atoms with Gasteiger partial charge in [-0.25, -0.2) is 9.67 Å². The minimum atomic E-state index is -0.0955. The smallest absolute Gasteiger partial charge is 0.251 e. The highest BCUT2D eigenvalue weighted by atomic mass is 16.5. The molecule has 1 aromatic carbocycles. The van der Waals surface area contributed by atoms with Gasteiger partial charge in [-0.15, -0.1) is 0 Å². The molecule has 0 aliphatic rings. The maximum absolute atomic E-state index is 12.0. The largest absolute Gasteiger partial charge is 0.383 e. The Hall–Kier alpha value is -2.21. The second kappa shape index (κ2) is 6.81. The molecule has 0 radical (unpaired) electrons. The average molecular weight is 274 g/mol. The molecule has 1 atom stereocenters. The number of carbonyl (C=O) groups is 1. The first-order chi connectivity index (χ1) is 9.69. The summed E-state index contributed by atoms with van der Waals surface area (Å²) >= 11 is 0. The van der Waals surface area contributed by atoms with E-state index in [2.05, 4.69) is 15.4 Å². The molecule has 20 heavy (non-hydrogen) atoms. The molecule has 6 nitrogen and oxygen atoms in total. The van der Waals surface area contributed by atoms with Crippen molar-refractivity contribution in [2.24, 2.45) is 0 Å². The molecule has 6 heteroatoms. The summed E-state index contributed by atoms with van der Waals surface area (Å²) in [5, 5.41) is 6.91. The van der Waals surface area contributed by atoms with E-state index in [-0.39, 0.29) is 11.9 Å². The molecule has 0 unspecified atom stereocenters. The van der Waals surface area contributed by atoms with Gasteiger partial charge in [0.2, 0.25) is 0 Å². The van der Waals surface area contributed by atoms with Crippen LogP contribution in [0.5, 0.6) is 0 Å². The van der Waals surface area contributed by atoms with E-state index in [9.17, 15) is 4.79 Å². The van der Waals surface area contributed by atoms with Gasteiger partial charge in [-0.3, -0.25) is 4.79 Å². The standard InChI is InChI=1S/C14H18N4O2/c1-11(8-20-2)17-14(19)13-5-3-12(4-6-13)7-18-10-15-9-16-18/h3-6,9-11H,7-8H2,1-2H3,(H,17,19)/t11-/m1/s1. The van der Waals surface area contributed by atoms with Gasteiger partial charge in [0.25, 0.3) is 5.91 Å². The molecule has 0 bridgehead atoms. The number of ether oxygens (including phenoxy) is 1. The Kier molecular flexibility index (Phi) is 4.84.